The fourth-order valence-electron chi connectivity index (χ4n) is 0.715. The lowest BCUT2D eigenvalue weighted by Crippen LogP contribution is -1.82. The summed E-state index contributed by atoms with van der Waals surface area (Å²) in [6.45, 7) is 4.29. The highest BCUT2D eigenvalue weighted by atomic mass is 127. The lowest BCUT2D eigenvalue weighted by atomic mass is 10.1. The molecule has 0 amide bonds. The van der Waals surface area contributed by atoms with Gasteiger partial charge in [-0.05, 0) is 53.6 Å². The predicted octanol–water partition coefficient (Wildman–Crippen LogP) is 2.71. The molecule has 0 aliphatic carbocycles. The first-order valence-electron chi connectivity index (χ1n) is 3.84. The lowest BCUT2D eigenvalue weighted by Gasteiger charge is -1.99. The molecular weight excluding hydrogens is 307 g/mol. The van der Waals surface area contributed by atoms with Crippen LogP contribution in [0.15, 0.2) is 18.2 Å². The van der Waals surface area contributed by atoms with Crippen LogP contribution in [0.2, 0.25) is 0 Å². The van der Waals surface area contributed by atoms with Gasteiger partial charge in [0, 0.05) is 3.57 Å². The maximum Gasteiger partial charge on any atom is 0.231 e. The summed E-state index contributed by atoms with van der Waals surface area (Å²) in [7, 11) is 0. The molecule has 4 nitrogen and oxygen atoms in total. The quantitative estimate of drug-likeness (QED) is 0.438. The van der Waals surface area contributed by atoms with E-state index in [0.717, 1.165) is 12.2 Å². The van der Waals surface area contributed by atoms with E-state index in [0.29, 0.717) is 0 Å². The van der Waals surface area contributed by atoms with E-state index < -0.39 is 0 Å². The lowest BCUT2D eigenvalue weighted by molar-refractivity contribution is 0.562. The van der Waals surface area contributed by atoms with Gasteiger partial charge in [0.2, 0.25) is 12.2 Å². The SMILES string of the molecule is Cc1cccc(I)c1C.N=C=O.N=C=O. The molecule has 0 radical (unpaired) electrons. The molecule has 0 spiro atoms. The highest BCUT2D eigenvalue weighted by molar-refractivity contribution is 14.1. The molecule has 80 valence electrons. The second kappa shape index (κ2) is 10.8. The van der Waals surface area contributed by atoms with E-state index in [1.165, 1.54) is 14.7 Å². The first-order valence-corrected chi connectivity index (χ1v) is 4.92. The fourth-order valence-corrected chi connectivity index (χ4v) is 1.35. The van der Waals surface area contributed by atoms with E-state index in [9.17, 15) is 0 Å². The number of isocyanates is 2. The standard InChI is InChI=1S/C8H9I.2CHNO/c1-6-4-3-5-8(9)7(6)2;2*2-1-3/h3-5H,1-2H3;2*2H. The molecule has 0 aliphatic rings. The Kier molecular flexibility index (Phi) is 11.6. The Bertz CT molecular complexity index is 333. The van der Waals surface area contributed by atoms with E-state index in [2.05, 4.69) is 54.6 Å². The minimum atomic E-state index is 0.750. The first kappa shape index (κ1) is 16.2. The van der Waals surface area contributed by atoms with E-state index in [1.54, 1.807) is 0 Å². The summed E-state index contributed by atoms with van der Waals surface area (Å²) in [5, 5.41) is 10.8. The second-order valence-corrected chi connectivity index (χ2v) is 3.55. The number of hydrogen-bond donors (Lipinski definition) is 2. The highest BCUT2D eigenvalue weighted by Crippen LogP contribution is 2.13. The van der Waals surface area contributed by atoms with Crippen molar-refractivity contribution in [3.63, 3.8) is 0 Å². The van der Waals surface area contributed by atoms with Crippen molar-refractivity contribution in [1.82, 2.24) is 0 Å². The third-order valence-corrected chi connectivity index (χ3v) is 2.71. The Morgan fingerprint density at radius 3 is 1.80 bits per heavy atom. The van der Waals surface area contributed by atoms with E-state index in [-0.39, 0.29) is 0 Å². The van der Waals surface area contributed by atoms with Gasteiger partial charge in [0.15, 0.2) is 0 Å². The van der Waals surface area contributed by atoms with Crippen LogP contribution in [0, 0.1) is 28.2 Å². The highest BCUT2D eigenvalue weighted by Gasteiger charge is 1.93. The summed E-state index contributed by atoms with van der Waals surface area (Å²) in [4.78, 5) is 16.7. The van der Waals surface area contributed by atoms with Gasteiger partial charge in [-0.15, -0.1) is 0 Å². The van der Waals surface area contributed by atoms with Crippen LogP contribution in [-0.2, 0) is 9.59 Å². The van der Waals surface area contributed by atoms with Crippen LogP contribution in [0.5, 0.6) is 0 Å². The zero-order valence-corrected chi connectivity index (χ0v) is 10.6. The van der Waals surface area contributed by atoms with Crippen LogP contribution in [0.25, 0.3) is 0 Å². The minimum absolute atomic E-state index is 0.750. The second-order valence-electron chi connectivity index (χ2n) is 2.39. The molecule has 0 aliphatic heterocycles. The zero-order valence-electron chi connectivity index (χ0n) is 8.43. The van der Waals surface area contributed by atoms with Crippen LogP contribution >= 0.6 is 22.6 Å². The number of halogens is 1. The summed E-state index contributed by atoms with van der Waals surface area (Å²) >= 11 is 2.35. The number of rotatable bonds is 0. The van der Waals surface area contributed by atoms with Crippen LogP contribution < -0.4 is 0 Å². The summed E-state index contributed by atoms with van der Waals surface area (Å²) in [5.41, 5.74) is 2.78. The predicted molar refractivity (Wildman–Crippen MR) is 65.5 cm³/mol. The van der Waals surface area contributed by atoms with Crippen molar-refractivity contribution < 1.29 is 9.59 Å². The van der Waals surface area contributed by atoms with E-state index >= 15 is 0 Å². The first-order chi connectivity index (χ1) is 7.04. The number of hydrogen-bond acceptors (Lipinski definition) is 4. The normalized spacial score (nSPS) is 6.87. The van der Waals surface area contributed by atoms with Crippen molar-refractivity contribution in [1.29, 1.82) is 10.8 Å². The molecule has 0 bridgehead atoms. The molecule has 0 fully saturated rings. The average Bonchev–Trinajstić information content (AvgIpc) is 2.17. The van der Waals surface area contributed by atoms with Crippen molar-refractivity contribution in [3.05, 3.63) is 32.9 Å². The van der Waals surface area contributed by atoms with Gasteiger partial charge in [0.1, 0.15) is 0 Å². The topological polar surface area (TPSA) is 81.8 Å². The Morgan fingerprint density at radius 2 is 1.53 bits per heavy atom. The van der Waals surface area contributed by atoms with Gasteiger partial charge < -0.3 is 0 Å². The van der Waals surface area contributed by atoms with Crippen LogP contribution in [0.3, 0.4) is 0 Å². The van der Waals surface area contributed by atoms with Gasteiger partial charge in [0.25, 0.3) is 0 Å². The Labute approximate surface area is 102 Å². The maximum atomic E-state index is 8.35. The van der Waals surface area contributed by atoms with E-state index in [4.69, 9.17) is 20.4 Å². The molecule has 15 heavy (non-hydrogen) atoms. The fraction of sp³-hybridized carbons (Fsp3) is 0.200. The number of benzene rings is 1. The molecule has 1 rings (SSSR count). The smallest absolute Gasteiger partial charge is 0.222 e. The Morgan fingerprint density at radius 1 is 1.13 bits per heavy atom. The summed E-state index contributed by atoms with van der Waals surface area (Å²) in [5.74, 6) is 0. The molecule has 0 heterocycles. The van der Waals surface area contributed by atoms with Crippen LogP contribution in [0.1, 0.15) is 11.1 Å². The molecule has 0 saturated heterocycles. The van der Waals surface area contributed by atoms with Crippen molar-refractivity contribution in [2.75, 3.05) is 0 Å². The Balaban J connectivity index is 0. The monoisotopic (exact) mass is 318 g/mol. The third kappa shape index (κ3) is 9.02. The average molecular weight is 318 g/mol. The van der Waals surface area contributed by atoms with Gasteiger partial charge in [-0.25, -0.2) is 20.4 Å². The molecular formula is C10H11IN2O2. The molecule has 0 aromatic heterocycles. The van der Waals surface area contributed by atoms with E-state index in [1.807, 2.05) is 0 Å². The molecule has 5 heteroatoms. The van der Waals surface area contributed by atoms with Crippen LogP contribution in [-0.4, -0.2) is 12.2 Å². The molecule has 1 aromatic carbocycles. The number of carbonyl (C=O) groups excluding carboxylic acids is 2. The Hall–Kier alpha value is -1.29. The van der Waals surface area contributed by atoms with Crippen molar-refractivity contribution in [2.45, 2.75) is 13.8 Å². The van der Waals surface area contributed by atoms with Crippen molar-refractivity contribution in [2.24, 2.45) is 0 Å². The summed E-state index contributed by atoms with van der Waals surface area (Å²) < 4.78 is 1.35. The van der Waals surface area contributed by atoms with Gasteiger partial charge in [-0.2, -0.15) is 0 Å². The van der Waals surface area contributed by atoms with Crippen molar-refractivity contribution >= 4 is 34.8 Å². The number of aryl methyl sites for hydroxylation is 1. The van der Waals surface area contributed by atoms with Crippen molar-refractivity contribution in [3.8, 4) is 0 Å². The van der Waals surface area contributed by atoms with Crippen LogP contribution in [0.4, 0.5) is 0 Å². The van der Waals surface area contributed by atoms with Gasteiger partial charge in [-0.3, -0.25) is 0 Å². The minimum Gasteiger partial charge on any atom is -0.222 e. The third-order valence-electron chi connectivity index (χ3n) is 1.54. The van der Waals surface area contributed by atoms with Gasteiger partial charge in [0.05, 0.1) is 0 Å². The number of nitrogens with one attached hydrogen (secondary N) is 2. The molecule has 0 atom stereocenters. The van der Waals surface area contributed by atoms with Gasteiger partial charge >= 0.3 is 0 Å². The summed E-state index contributed by atoms with van der Waals surface area (Å²) in [6.07, 6.45) is 1.50. The maximum absolute atomic E-state index is 8.35. The largest absolute Gasteiger partial charge is 0.231 e. The zero-order chi connectivity index (χ0) is 12.3. The molecule has 0 saturated carbocycles. The molecule has 2 N–H and O–H groups in total. The molecule has 1 aromatic rings. The van der Waals surface area contributed by atoms with Gasteiger partial charge in [-0.1, -0.05) is 12.1 Å². The summed E-state index contributed by atoms with van der Waals surface area (Å²) in [6, 6.07) is 6.35. The molecule has 0 unspecified atom stereocenters.